The quantitative estimate of drug-likeness (QED) is 0.435. The smallest absolute Gasteiger partial charge is 0.0664 e. The Morgan fingerprint density at radius 2 is 1.73 bits per heavy atom. The van der Waals surface area contributed by atoms with Crippen molar-refractivity contribution in [2.45, 2.75) is 129 Å². The highest BCUT2D eigenvalue weighted by Crippen LogP contribution is 2.59. The van der Waals surface area contributed by atoms with Crippen LogP contribution in [0, 0.1) is 22.7 Å². The van der Waals surface area contributed by atoms with Crippen molar-refractivity contribution in [2.24, 2.45) is 22.7 Å². The zero-order chi connectivity index (χ0) is 23.9. The van der Waals surface area contributed by atoms with Gasteiger partial charge in [-0.2, -0.15) is 0 Å². The van der Waals surface area contributed by atoms with E-state index in [1.54, 1.807) is 5.57 Å². The van der Waals surface area contributed by atoms with Crippen LogP contribution in [0.4, 0.5) is 0 Å². The second kappa shape index (κ2) is 9.76. The topological polar surface area (TPSA) is 69.9 Å². The molecule has 0 amide bonds. The first-order valence-corrected chi connectivity index (χ1v) is 13.8. The molecule has 4 aliphatic carbocycles. The molecule has 0 heterocycles. The third-order valence-corrected chi connectivity index (χ3v) is 10.5. The largest absolute Gasteiger partial charge is 0.392 e. The Balaban J connectivity index is 1.39. The Kier molecular flexibility index (Phi) is 7.51. The fourth-order valence-electron chi connectivity index (χ4n) is 7.59. The van der Waals surface area contributed by atoms with Crippen LogP contribution in [-0.2, 0) is 4.74 Å². The summed E-state index contributed by atoms with van der Waals surface area (Å²) in [6.07, 6.45) is 15.8. The van der Waals surface area contributed by atoms with Crippen molar-refractivity contribution >= 4 is 0 Å². The normalized spacial score (nSPS) is 37.9. The summed E-state index contributed by atoms with van der Waals surface area (Å²) in [5.41, 5.74) is 2.27. The summed E-state index contributed by atoms with van der Waals surface area (Å²) in [7, 11) is 0. The summed E-state index contributed by atoms with van der Waals surface area (Å²) >= 11 is 0. The van der Waals surface area contributed by atoms with Gasteiger partial charge in [-0.3, -0.25) is 0 Å². The average molecular weight is 461 g/mol. The minimum Gasteiger partial charge on any atom is -0.392 e. The second-order valence-corrected chi connectivity index (χ2v) is 12.1. The highest BCUT2D eigenvalue weighted by Gasteiger charge is 2.56. The van der Waals surface area contributed by atoms with Gasteiger partial charge in [-0.05, 0) is 101 Å². The van der Waals surface area contributed by atoms with Crippen LogP contribution in [0.1, 0.15) is 105 Å². The fourth-order valence-corrected chi connectivity index (χ4v) is 7.59. The van der Waals surface area contributed by atoms with Crippen molar-refractivity contribution in [3.05, 3.63) is 23.3 Å². The lowest BCUT2D eigenvalue weighted by molar-refractivity contribution is -0.0559. The Morgan fingerprint density at radius 1 is 1.06 bits per heavy atom. The number of rotatable bonds is 8. The first-order chi connectivity index (χ1) is 15.7. The van der Waals surface area contributed by atoms with E-state index in [9.17, 15) is 15.3 Å². The lowest BCUT2D eigenvalue weighted by atomic mass is 9.62. The first-order valence-electron chi connectivity index (χ1n) is 13.8. The molecule has 0 aromatic heterocycles. The Morgan fingerprint density at radius 3 is 2.33 bits per heavy atom. The predicted molar refractivity (Wildman–Crippen MR) is 133 cm³/mol. The van der Waals surface area contributed by atoms with Gasteiger partial charge in [0, 0.05) is 12.0 Å². The molecule has 1 spiro atoms. The fraction of sp³-hybridized carbons (Fsp3) is 0.862. The number of hydrogen-bond donors (Lipinski definition) is 3. The maximum atomic E-state index is 10.6. The van der Waals surface area contributed by atoms with Gasteiger partial charge in [0.2, 0.25) is 0 Å². The number of hydrogen-bond acceptors (Lipinski definition) is 4. The van der Waals surface area contributed by atoms with Crippen LogP contribution in [0.2, 0.25) is 0 Å². The molecular formula is C29H48O4. The monoisotopic (exact) mass is 460 g/mol. The Labute approximate surface area is 201 Å². The van der Waals surface area contributed by atoms with E-state index in [1.807, 2.05) is 0 Å². The molecule has 4 nitrogen and oxygen atoms in total. The molecule has 6 unspecified atom stereocenters. The number of aliphatic hydroxyl groups excluding tert-OH is 2. The number of fused-ring (bicyclic) bond motifs is 1. The third kappa shape index (κ3) is 4.87. The van der Waals surface area contributed by atoms with Crippen LogP contribution in [0.25, 0.3) is 0 Å². The molecule has 4 saturated carbocycles. The third-order valence-electron chi connectivity index (χ3n) is 10.5. The van der Waals surface area contributed by atoms with Gasteiger partial charge in [0.05, 0.1) is 23.9 Å². The van der Waals surface area contributed by atoms with E-state index in [1.165, 1.54) is 37.7 Å². The predicted octanol–water partition coefficient (Wildman–Crippen LogP) is 5.70. The highest BCUT2D eigenvalue weighted by atomic mass is 16.5. The highest BCUT2D eigenvalue weighted by molar-refractivity contribution is 5.28. The van der Waals surface area contributed by atoms with Crippen molar-refractivity contribution in [1.82, 2.24) is 0 Å². The van der Waals surface area contributed by atoms with Crippen molar-refractivity contribution in [3.8, 4) is 0 Å². The van der Waals surface area contributed by atoms with Crippen LogP contribution in [0.15, 0.2) is 23.3 Å². The standard InChI is InChI=1S/C29H48O4/c1-5-28(32,6-2)16-17-33-20(3)23-11-12-24-22(8-7-13-27(23,24)4)10-9-21-18-25(30)29(14-15-29)26(31)19-21/h9-10,20,23-26,30-32H,5-8,11-19H2,1-4H3. The van der Waals surface area contributed by atoms with Gasteiger partial charge in [-0.25, -0.2) is 0 Å². The van der Waals surface area contributed by atoms with Crippen molar-refractivity contribution in [2.75, 3.05) is 6.61 Å². The molecule has 4 rings (SSSR count). The first kappa shape index (κ1) is 25.4. The maximum absolute atomic E-state index is 10.6. The minimum absolute atomic E-state index is 0.188. The van der Waals surface area contributed by atoms with Crippen LogP contribution in [0.3, 0.4) is 0 Å². The molecule has 3 N–H and O–H groups in total. The van der Waals surface area contributed by atoms with Gasteiger partial charge in [0.1, 0.15) is 0 Å². The summed E-state index contributed by atoms with van der Waals surface area (Å²) in [6, 6.07) is 0. The van der Waals surface area contributed by atoms with Crippen LogP contribution in [-0.4, -0.2) is 45.8 Å². The molecule has 188 valence electrons. The Bertz CT molecular complexity index is 731. The zero-order valence-electron chi connectivity index (χ0n) is 21.5. The van der Waals surface area contributed by atoms with Crippen molar-refractivity contribution in [3.63, 3.8) is 0 Å². The molecular weight excluding hydrogens is 412 g/mol. The average Bonchev–Trinajstić information content (AvgIpc) is 3.52. The second-order valence-electron chi connectivity index (χ2n) is 12.1. The van der Waals surface area contributed by atoms with Crippen LogP contribution in [0.5, 0.6) is 0 Å². The van der Waals surface area contributed by atoms with E-state index >= 15 is 0 Å². The molecule has 0 aromatic rings. The number of allylic oxidation sites excluding steroid dienone is 3. The minimum atomic E-state index is -0.588. The molecule has 6 atom stereocenters. The van der Waals surface area contributed by atoms with Gasteiger partial charge in [-0.1, -0.05) is 44.1 Å². The molecule has 4 heteroatoms. The van der Waals surface area contributed by atoms with E-state index in [0.717, 1.165) is 44.9 Å². The number of aliphatic hydroxyl groups is 3. The molecule has 0 saturated heterocycles. The van der Waals surface area contributed by atoms with Gasteiger partial charge in [0.25, 0.3) is 0 Å². The number of ether oxygens (including phenoxy) is 1. The molecule has 4 fully saturated rings. The lowest BCUT2D eigenvalue weighted by Gasteiger charge is -2.44. The molecule has 4 aliphatic rings. The van der Waals surface area contributed by atoms with Gasteiger partial charge in [-0.15, -0.1) is 0 Å². The summed E-state index contributed by atoms with van der Waals surface area (Å²) in [4.78, 5) is 0. The van der Waals surface area contributed by atoms with Crippen LogP contribution < -0.4 is 0 Å². The van der Waals surface area contributed by atoms with Gasteiger partial charge >= 0.3 is 0 Å². The molecule has 33 heavy (non-hydrogen) atoms. The van der Waals surface area contributed by atoms with Crippen molar-refractivity contribution < 1.29 is 20.1 Å². The summed E-state index contributed by atoms with van der Waals surface area (Å²) in [5, 5.41) is 31.7. The van der Waals surface area contributed by atoms with Crippen molar-refractivity contribution in [1.29, 1.82) is 0 Å². The molecule has 0 aromatic carbocycles. The summed E-state index contributed by atoms with van der Waals surface area (Å²) in [6.45, 7) is 9.47. The van der Waals surface area contributed by atoms with Gasteiger partial charge in [0.15, 0.2) is 0 Å². The van der Waals surface area contributed by atoms with Crippen LogP contribution >= 0.6 is 0 Å². The van der Waals surface area contributed by atoms with E-state index in [0.29, 0.717) is 18.4 Å². The molecule has 0 radical (unpaired) electrons. The molecule has 0 bridgehead atoms. The lowest BCUT2D eigenvalue weighted by Crippen LogP contribution is -2.39. The van der Waals surface area contributed by atoms with E-state index in [2.05, 4.69) is 39.8 Å². The Hall–Kier alpha value is -0.680. The van der Waals surface area contributed by atoms with E-state index in [4.69, 9.17) is 4.74 Å². The van der Waals surface area contributed by atoms with Gasteiger partial charge < -0.3 is 20.1 Å². The van der Waals surface area contributed by atoms with E-state index < -0.39 is 5.60 Å². The summed E-state index contributed by atoms with van der Waals surface area (Å²) in [5.74, 6) is 1.17. The zero-order valence-corrected chi connectivity index (χ0v) is 21.5. The molecule has 0 aliphatic heterocycles. The SMILES string of the molecule is CCC(O)(CC)CCOC(C)C1CCC2C(=CC=C3CC(O)C4(CC4)C(O)C3)CCCC21C. The van der Waals surface area contributed by atoms with E-state index in [-0.39, 0.29) is 29.1 Å². The summed E-state index contributed by atoms with van der Waals surface area (Å²) < 4.78 is 6.33. The maximum Gasteiger partial charge on any atom is 0.0664 e.